The van der Waals surface area contributed by atoms with E-state index in [-0.39, 0.29) is 5.92 Å². The first kappa shape index (κ1) is 22.0. The van der Waals surface area contributed by atoms with E-state index in [1.165, 1.54) is 32.1 Å². The van der Waals surface area contributed by atoms with E-state index in [4.69, 9.17) is 4.74 Å². The third-order valence-electron chi connectivity index (χ3n) is 7.00. The summed E-state index contributed by atoms with van der Waals surface area (Å²) < 4.78 is 18.1. The van der Waals surface area contributed by atoms with E-state index in [2.05, 4.69) is 11.0 Å². The lowest BCUT2D eigenvalue weighted by Crippen LogP contribution is -2.43. The van der Waals surface area contributed by atoms with Gasteiger partial charge in [-0.3, -0.25) is 0 Å². The van der Waals surface area contributed by atoms with Crippen LogP contribution in [0.3, 0.4) is 0 Å². The molecule has 0 spiro atoms. The van der Waals surface area contributed by atoms with Gasteiger partial charge in [-0.15, -0.1) is 0 Å². The second-order valence-electron chi connectivity index (χ2n) is 8.79. The zero-order valence-electron chi connectivity index (χ0n) is 18.3. The van der Waals surface area contributed by atoms with E-state index < -0.39 is 10.8 Å². The van der Waals surface area contributed by atoms with Crippen LogP contribution < -0.4 is 4.74 Å². The fourth-order valence-electron chi connectivity index (χ4n) is 5.15. The summed E-state index contributed by atoms with van der Waals surface area (Å²) in [6.45, 7) is 2.24. The van der Waals surface area contributed by atoms with E-state index >= 15 is 0 Å². The lowest BCUT2D eigenvalue weighted by Gasteiger charge is -2.40. The third-order valence-corrected chi connectivity index (χ3v) is 8.40. The fourth-order valence-corrected chi connectivity index (χ4v) is 6.19. The fraction of sp³-hybridized carbons (Fsp3) is 0.500. The first-order valence-electron chi connectivity index (χ1n) is 11.5. The van der Waals surface area contributed by atoms with Gasteiger partial charge in [0, 0.05) is 15.8 Å². The molecule has 4 nitrogen and oxygen atoms in total. The Hall–Kier alpha value is -2.16. The molecule has 1 saturated carbocycles. The monoisotopic (exact) mass is 436 g/mol. The Balaban J connectivity index is 1.39. The first-order chi connectivity index (χ1) is 15.2. The van der Waals surface area contributed by atoms with Crippen molar-refractivity contribution in [2.45, 2.75) is 66.7 Å². The minimum absolute atomic E-state index is 0.0861. The maximum Gasteiger partial charge on any atom is 0.118 e. The zero-order valence-corrected chi connectivity index (χ0v) is 19.2. The van der Waals surface area contributed by atoms with Crippen molar-refractivity contribution in [3.8, 4) is 11.8 Å². The molecule has 0 bridgehead atoms. The number of methoxy groups -OCH3 is 1. The summed E-state index contributed by atoms with van der Waals surface area (Å²) in [5.41, 5.74) is 1.05. The Kier molecular flexibility index (Phi) is 7.42. The molecular weight excluding hydrogens is 404 g/mol. The van der Waals surface area contributed by atoms with Crippen LogP contribution in [0.15, 0.2) is 58.3 Å². The van der Waals surface area contributed by atoms with Gasteiger partial charge >= 0.3 is 0 Å². The maximum absolute atomic E-state index is 12.9. The van der Waals surface area contributed by atoms with Gasteiger partial charge in [-0.25, -0.2) is 4.21 Å². The van der Waals surface area contributed by atoms with Crippen molar-refractivity contribution in [2.24, 2.45) is 5.92 Å². The molecule has 2 atom stereocenters. The summed E-state index contributed by atoms with van der Waals surface area (Å²) >= 11 is 0. The highest BCUT2D eigenvalue weighted by Gasteiger charge is 2.31. The lowest BCUT2D eigenvalue weighted by atomic mass is 9.80. The number of hydrogen-bond acceptors (Lipinski definition) is 4. The number of nitrogens with zero attached hydrogens (tertiary/aromatic N) is 2. The van der Waals surface area contributed by atoms with E-state index in [0.717, 1.165) is 53.1 Å². The highest BCUT2D eigenvalue weighted by atomic mass is 32.2. The van der Waals surface area contributed by atoms with E-state index in [1.54, 1.807) is 7.11 Å². The molecule has 2 unspecified atom stereocenters. The van der Waals surface area contributed by atoms with Crippen LogP contribution in [0, 0.1) is 17.2 Å². The van der Waals surface area contributed by atoms with Crippen molar-refractivity contribution >= 4 is 10.8 Å². The molecule has 0 amide bonds. The normalized spacial score (nSPS) is 20.6. The SMILES string of the molecule is COc1ccc(S(=O)c2ccc(C(C#N)C3CCN(C4CCCCC4)CC3)cc2)cc1. The van der Waals surface area contributed by atoms with Crippen LogP contribution in [0.2, 0.25) is 0 Å². The molecule has 0 aromatic heterocycles. The van der Waals surface area contributed by atoms with Crippen LogP contribution in [0.5, 0.6) is 5.75 Å². The quantitative estimate of drug-likeness (QED) is 0.599. The van der Waals surface area contributed by atoms with Crippen molar-refractivity contribution in [1.82, 2.24) is 4.90 Å². The summed E-state index contributed by atoms with van der Waals surface area (Å²) in [4.78, 5) is 4.18. The molecule has 1 saturated heterocycles. The number of nitriles is 1. The Bertz CT molecular complexity index is 906. The first-order valence-corrected chi connectivity index (χ1v) is 12.6. The molecule has 0 N–H and O–H groups in total. The van der Waals surface area contributed by atoms with Crippen LogP contribution in [-0.4, -0.2) is 35.3 Å². The van der Waals surface area contributed by atoms with Crippen molar-refractivity contribution in [3.63, 3.8) is 0 Å². The molecule has 1 aliphatic carbocycles. The molecule has 0 radical (unpaired) electrons. The Morgan fingerprint density at radius 1 is 0.935 bits per heavy atom. The van der Waals surface area contributed by atoms with Gasteiger partial charge in [0.1, 0.15) is 5.75 Å². The van der Waals surface area contributed by atoms with Gasteiger partial charge in [-0.2, -0.15) is 5.26 Å². The summed E-state index contributed by atoms with van der Waals surface area (Å²) in [6.07, 6.45) is 9.01. The molecule has 4 rings (SSSR count). The van der Waals surface area contributed by atoms with Gasteiger partial charge in [-0.1, -0.05) is 31.4 Å². The second-order valence-corrected chi connectivity index (χ2v) is 10.3. The minimum atomic E-state index is -1.24. The molecule has 2 aliphatic rings. The Morgan fingerprint density at radius 2 is 1.52 bits per heavy atom. The molecule has 164 valence electrons. The molecule has 2 aromatic rings. The summed E-state index contributed by atoms with van der Waals surface area (Å²) in [5.74, 6) is 1.07. The number of likely N-dealkylation sites (tertiary alicyclic amines) is 1. The predicted molar refractivity (Wildman–Crippen MR) is 124 cm³/mol. The lowest BCUT2D eigenvalue weighted by molar-refractivity contribution is 0.103. The second kappa shape index (κ2) is 10.4. The number of rotatable bonds is 6. The van der Waals surface area contributed by atoms with Crippen LogP contribution in [-0.2, 0) is 10.8 Å². The predicted octanol–water partition coefficient (Wildman–Crippen LogP) is 5.51. The summed E-state index contributed by atoms with van der Waals surface area (Å²) in [5, 5.41) is 9.92. The Morgan fingerprint density at radius 3 is 2.06 bits per heavy atom. The topological polar surface area (TPSA) is 53.3 Å². The molecule has 31 heavy (non-hydrogen) atoms. The molecule has 5 heteroatoms. The number of hydrogen-bond donors (Lipinski definition) is 0. The van der Waals surface area contributed by atoms with E-state index in [9.17, 15) is 9.47 Å². The minimum Gasteiger partial charge on any atom is -0.497 e. The van der Waals surface area contributed by atoms with E-state index in [0.29, 0.717) is 5.92 Å². The number of ether oxygens (including phenoxy) is 1. The van der Waals surface area contributed by atoms with Crippen molar-refractivity contribution in [2.75, 3.05) is 20.2 Å². The molecule has 1 aliphatic heterocycles. The summed E-state index contributed by atoms with van der Waals surface area (Å²) in [7, 11) is 0.383. The summed E-state index contributed by atoms with van der Waals surface area (Å²) in [6, 6.07) is 18.5. The van der Waals surface area contributed by atoms with E-state index in [1.807, 2.05) is 48.5 Å². The Labute approximate surface area is 188 Å². The zero-order chi connectivity index (χ0) is 21.6. The van der Waals surface area contributed by atoms with Crippen molar-refractivity contribution < 1.29 is 8.95 Å². The van der Waals surface area contributed by atoms with Gasteiger partial charge < -0.3 is 9.64 Å². The van der Waals surface area contributed by atoms with Crippen molar-refractivity contribution in [1.29, 1.82) is 5.26 Å². The maximum atomic E-state index is 12.9. The van der Waals surface area contributed by atoms with Gasteiger partial charge in [0.2, 0.25) is 0 Å². The average molecular weight is 437 g/mol. The third kappa shape index (κ3) is 5.19. The van der Waals surface area contributed by atoms with Crippen LogP contribution in [0.1, 0.15) is 56.4 Å². The van der Waals surface area contributed by atoms with Gasteiger partial charge in [0.15, 0.2) is 0 Å². The van der Waals surface area contributed by atoms with Gasteiger partial charge in [-0.05, 0) is 86.7 Å². The van der Waals surface area contributed by atoms with Gasteiger partial charge in [0.25, 0.3) is 0 Å². The number of piperidine rings is 1. The highest BCUT2D eigenvalue weighted by Crippen LogP contribution is 2.35. The molecule has 2 aromatic carbocycles. The largest absolute Gasteiger partial charge is 0.497 e. The molecule has 1 heterocycles. The smallest absolute Gasteiger partial charge is 0.118 e. The highest BCUT2D eigenvalue weighted by molar-refractivity contribution is 7.85. The number of benzene rings is 2. The van der Waals surface area contributed by atoms with Crippen LogP contribution in [0.4, 0.5) is 0 Å². The van der Waals surface area contributed by atoms with Gasteiger partial charge in [0.05, 0.1) is 29.9 Å². The molecule has 2 fully saturated rings. The van der Waals surface area contributed by atoms with Crippen LogP contribution in [0.25, 0.3) is 0 Å². The van der Waals surface area contributed by atoms with Crippen LogP contribution >= 0.6 is 0 Å². The average Bonchev–Trinajstić information content (AvgIpc) is 2.85. The standard InChI is InChI=1S/C26H32N2O2S/c1-30-23-9-13-25(14-10-23)31(29)24-11-7-20(8-12-24)26(19-27)21-15-17-28(18-16-21)22-5-3-2-4-6-22/h7-14,21-22,26H,2-6,15-18H2,1H3. The molecular formula is C26H32N2O2S. The van der Waals surface area contributed by atoms with Crippen molar-refractivity contribution in [3.05, 3.63) is 54.1 Å².